The summed E-state index contributed by atoms with van der Waals surface area (Å²) in [5.74, 6) is -2.06. The predicted octanol–water partition coefficient (Wildman–Crippen LogP) is 1.12. The van der Waals surface area contributed by atoms with Gasteiger partial charge in [0.1, 0.15) is 10.7 Å². The zero-order valence-electron chi connectivity index (χ0n) is 6.67. The second-order valence-corrected chi connectivity index (χ2v) is 3.63. The molecule has 72 valence electrons. The molecule has 0 aromatic heterocycles. The van der Waals surface area contributed by atoms with E-state index < -0.39 is 22.3 Å². The van der Waals surface area contributed by atoms with E-state index in [-0.39, 0.29) is 17.7 Å². The van der Waals surface area contributed by atoms with E-state index in [4.69, 9.17) is 0 Å². The molecule has 0 amide bonds. The molecular formula is C8H8F2O2S. The van der Waals surface area contributed by atoms with Gasteiger partial charge in [-0.3, -0.25) is 0 Å². The lowest BCUT2D eigenvalue weighted by molar-refractivity contribution is 0.500. The molecule has 0 atom stereocenters. The van der Waals surface area contributed by atoms with E-state index in [2.05, 4.69) is 0 Å². The maximum atomic E-state index is 12.9. The molecule has 0 heterocycles. The number of rotatable bonds is 3. The van der Waals surface area contributed by atoms with Crippen molar-refractivity contribution < 1.29 is 17.2 Å². The molecule has 0 saturated carbocycles. The normalized spacial score (nSPS) is 10.7. The van der Waals surface area contributed by atoms with Crippen molar-refractivity contribution in [3.63, 3.8) is 0 Å². The van der Waals surface area contributed by atoms with Crippen LogP contribution in [0, 0.1) is 11.6 Å². The lowest BCUT2D eigenvalue weighted by Crippen LogP contribution is -1.98. The van der Waals surface area contributed by atoms with Crippen LogP contribution in [0.15, 0.2) is 18.2 Å². The molecule has 1 rings (SSSR count). The Bertz CT molecular complexity index is 366. The summed E-state index contributed by atoms with van der Waals surface area (Å²) in [7, 11) is -2.54. The van der Waals surface area contributed by atoms with Crippen molar-refractivity contribution in [1.29, 1.82) is 0 Å². The number of halogens is 2. The molecule has 5 heteroatoms. The third-order valence-corrected chi connectivity index (χ3v) is 2.18. The van der Waals surface area contributed by atoms with E-state index in [1.807, 2.05) is 0 Å². The molecule has 1 aromatic carbocycles. The number of benzene rings is 1. The standard InChI is InChI=1S/C8H8F2O2S/c9-7-3-1-2-6(8(7)10)4-5-13(11)12/h1-3,13H,4-5H2. The second kappa shape index (κ2) is 4.32. The Kier molecular flexibility index (Phi) is 3.36. The van der Waals surface area contributed by atoms with Crippen LogP contribution in [0.25, 0.3) is 0 Å². The van der Waals surface area contributed by atoms with Crippen LogP contribution in [0.2, 0.25) is 0 Å². The lowest BCUT2D eigenvalue weighted by Gasteiger charge is -1.99. The van der Waals surface area contributed by atoms with Gasteiger partial charge in [-0.1, -0.05) is 12.1 Å². The quantitative estimate of drug-likeness (QED) is 0.752. The highest BCUT2D eigenvalue weighted by Gasteiger charge is 2.06. The van der Waals surface area contributed by atoms with Crippen molar-refractivity contribution in [2.45, 2.75) is 6.42 Å². The first-order valence-electron chi connectivity index (χ1n) is 3.66. The summed E-state index contributed by atoms with van der Waals surface area (Å²) >= 11 is 0. The highest BCUT2D eigenvalue weighted by molar-refractivity contribution is 7.72. The summed E-state index contributed by atoms with van der Waals surface area (Å²) in [6.07, 6.45) is 0.0162. The average molecular weight is 206 g/mol. The van der Waals surface area contributed by atoms with E-state index in [9.17, 15) is 17.2 Å². The van der Waals surface area contributed by atoms with Crippen molar-refractivity contribution in [1.82, 2.24) is 0 Å². The van der Waals surface area contributed by atoms with Gasteiger partial charge in [0.15, 0.2) is 11.6 Å². The Hall–Kier alpha value is -0.970. The van der Waals surface area contributed by atoms with Crippen LogP contribution in [0.1, 0.15) is 5.56 Å². The summed E-state index contributed by atoms with van der Waals surface area (Å²) in [6, 6.07) is 3.72. The van der Waals surface area contributed by atoms with Crippen LogP contribution >= 0.6 is 0 Å². The van der Waals surface area contributed by atoms with Gasteiger partial charge in [-0.05, 0) is 18.1 Å². The van der Waals surface area contributed by atoms with Crippen LogP contribution in [0.3, 0.4) is 0 Å². The van der Waals surface area contributed by atoms with Gasteiger partial charge >= 0.3 is 0 Å². The van der Waals surface area contributed by atoms with Gasteiger partial charge in [-0.15, -0.1) is 0 Å². The van der Waals surface area contributed by atoms with Gasteiger partial charge < -0.3 is 0 Å². The van der Waals surface area contributed by atoms with Crippen LogP contribution in [-0.2, 0) is 17.1 Å². The minimum absolute atomic E-state index is 0.0162. The monoisotopic (exact) mass is 206 g/mol. The van der Waals surface area contributed by atoms with Crippen molar-refractivity contribution in [3.05, 3.63) is 35.4 Å². The maximum absolute atomic E-state index is 12.9. The Morgan fingerprint density at radius 1 is 1.23 bits per heavy atom. The third kappa shape index (κ3) is 2.77. The number of thiol groups is 1. The van der Waals surface area contributed by atoms with Gasteiger partial charge in [0, 0.05) is 0 Å². The Morgan fingerprint density at radius 2 is 1.92 bits per heavy atom. The molecular weight excluding hydrogens is 198 g/mol. The fraction of sp³-hybridized carbons (Fsp3) is 0.250. The summed E-state index contributed by atoms with van der Waals surface area (Å²) in [5, 5.41) is 0. The molecule has 0 bridgehead atoms. The van der Waals surface area contributed by atoms with Crippen LogP contribution < -0.4 is 0 Å². The fourth-order valence-corrected chi connectivity index (χ4v) is 1.38. The van der Waals surface area contributed by atoms with Crippen LogP contribution in [-0.4, -0.2) is 14.2 Å². The van der Waals surface area contributed by atoms with E-state index in [0.29, 0.717) is 0 Å². The van der Waals surface area contributed by atoms with Gasteiger partial charge in [0.05, 0.1) is 5.75 Å². The molecule has 0 N–H and O–H groups in total. The summed E-state index contributed by atoms with van der Waals surface area (Å²) in [4.78, 5) is 0. The predicted molar refractivity (Wildman–Crippen MR) is 45.2 cm³/mol. The van der Waals surface area contributed by atoms with Crippen molar-refractivity contribution in [2.24, 2.45) is 0 Å². The van der Waals surface area contributed by atoms with Gasteiger partial charge in [-0.2, -0.15) is 0 Å². The minimum atomic E-state index is -2.54. The maximum Gasteiger partial charge on any atom is 0.162 e. The Balaban J connectivity index is 2.83. The zero-order chi connectivity index (χ0) is 9.84. The largest absolute Gasteiger partial charge is 0.232 e. The van der Waals surface area contributed by atoms with E-state index >= 15 is 0 Å². The topological polar surface area (TPSA) is 34.1 Å². The molecule has 1 aromatic rings. The number of hydrogen-bond acceptors (Lipinski definition) is 2. The van der Waals surface area contributed by atoms with Crippen LogP contribution in [0.5, 0.6) is 0 Å². The Morgan fingerprint density at radius 3 is 2.54 bits per heavy atom. The highest BCUT2D eigenvalue weighted by atomic mass is 32.2. The van der Waals surface area contributed by atoms with Gasteiger partial charge in [0.2, 0.25) is 0 Å². The van der Waals surface area contributed by atoms with Crippen LogP contribution in [0.4, 0.5) is 8.78 Å². The summed E-state index contributed by atoms with van der Waals surface area (Å²) in [5.41, 5.74) is 0.0965. The average Bonchev–Trinajstić information content (AvgIpc) is 2.07. The number of aryl methyl sites for hydroxylation is 1. The second-order valence-electron chi connectivity index (χ2n) is 2.52. The van der Waals surface area contributed by atoms with Crippen molar-refractivity contribution in [2.75, 3.05) is 5.75 Å². The molecule has 0 unspecified atom stereocenters. The molecule has 0 aliphatic rings. The first-order valence-corrected chi connectivity index (χ1v) is 5.02. The third-order valence-electron chi connectivity index (χ3n) is 1.60. The highest BCUT2D eigenvalue weighted by Crippen LogP contribution is 2.11. The molecule has 0 aliphatic carbocycles. The van der Waals surface area contributed by atoms with Crippen molar-refractivity contribution >= 4 is 10.7 Å². The van der Waals surface area contributed by atoms with E-state index in [0.717, 1.165) is 6.07 Å². The smallest absolute Gasteiger partial charge is 0.162 e. The fourth-order valence-electron chi connectivity index (χ4n) is 0.953. The minimum Gasteiger partial charge on any atom is -0.232 e. The molecule has 0 fully saturated rings. The first kappa shape index (κ1) is 10.1. The SMILES string of the molecule is O=[SH](=O)CCc1cccc(F)c1F. The zero-order valence-corrected chi connectivity index (χ0v) is 7.56. The van der Waals surface area contributed by atoms with Gasteiger partial charge in [0.25, 0.3) is 0 Å². The molecule has 0 spiro atoms. The molecule has 0 radical (unpaired) electrons. The number of hydrogen-bond donors (Lipinski definition) is 1. The Labute approximate surface area is 76.1 Å². The summed E-state index contributed by atoms with van der Waals surface area (Å²) < 4.78 is 45.8. The van der Waals surface area contributed by atoms with Gasteiger partial charge in [-0.25, -0.2) is 17.2 Å². The molecule has 2 nitrogen and oxygen atoms in total. The van der Waals surface area contributed by atoms with E-state index in [1.165, 1.54) is 12.1 Å². The first-order chi connectivity index (χ1) is 6.11. The van der Waals surface area contributed by atoms with Crippen molar-refractivity contribution in [3.8, 4) is 0 Å². The molecule has 0 aliphatic heterocycles. The molecule has 0 saturated heterocycles. The van der Waals surface area contributed by atoms with E-state index in [1.54, 1.807) is 0 Å². The lowest BCUT2D eigenvalue weighted by atomic mass is 10.1. The molecule has 13 heavy (non-hydrogen) atoms. The summed E-state index contributed by atoms with van der Waals surface area (Å²) in [6.45, 7) is 0.